The Morgan fingerprint density at radius 2 is 2.09 bits per heavy atom. The van der Waals surface area contributed by atoms with Gasteiger partial charge in [0.05, 0.1) is 40.5 Å². The first-order valence-electron chi connectivity index (χ1n) is 10.5. The molecule has 1 amide bonds. The van der Waals surface area contributed by atoms with Crippen molar-refractivity contribution < 1.29 is 9.53 Å². The smallest absolute Gasteiger partial charge is 0.256 e. The summed E-state index contributed by atoms with van der Waals surface area (Å²) in [6, 6.07) is 1.83. The van der Waals surface area contributed by atoms with E-state index in [-0.39, 0.29) is 30.0 Å². The Bertz CT molecular complexity index is 1280. The van der Waals surface area contributed by atoms with E-state index in [4.69, 9.17) is 27.9 Å². The number of ether oxygens (including phenoxy) is 1. The zero-order valence-corrected chi connectivity index (χ0v) is 19.2. The van der Waals surface area contributed by atoms with Crippen molar-refractivity contribution in [2.75, 3.05) is 26.7 Å². The van der Waals surface area contributed by atoms with Gasteiger partial charge in [-0.15, -0.1) is 0 Å². The number of hydrogen-bond donors (Lipinski definition) is 3. The quantitative estimate of drug-likeness (QED) is 0.526. The molecular weight excluding hydrogens is 453 g/mol. The van der Waals surface area contributed by atoms with E-state index in [1.54, 1.807) is 18.2 Å². The maximum Gasteiger partial charge on any atom is 0.256 e. The molecule has 3 aromatic rings. The minimum atomic E-state index is -0.251. The van der Waals surface area contributed by atoms with Crippen LogP contribution in [0.3, 0.4) is 0 Å². The number of carbonyl (C=O) groups excluding carboxylic acids is 1. The fourth-order valence-electron chi connectivity index (χ4n) is 4.68. The number of pyridine rings is 1. The van der Waals surface area contributed by atoms with E-state index in [0.717, 1.165) is 35.3 Å². The van der Waals surface area contributed by atoms with Crippen LogP contribution < -0.4 is 10.9 Å². The Kier molecular flexibility index (Phi) is 5.49. The number of methoxy groups -OCH3 is 1. The van der Waals surface area contributed by atoms with Crippen LogP contribution in [0.5, 0.6) is 0 Å². The molecule has 8 nitrogen and oxygen atoms in total. The number of H-pyrrole nitrogens is 2. The summed E-state index contributed by atoms with van der Waals surface area (Å²) in [7, 11) is 1.64. The van der Waals surface area contributed by atoms with Gasteiger partial charge in [-0.2, -0.15) is 5.10 Å². The summed E-state index contributed by atoms with van der Waals surface area (Å²) in [4.78, 5) is 30.7. The van der Waals surface area contributed by atoms with Gasteiger partial charge in [-0.3, -0.25) is 14.7 Å². The molecule has 2 aliphatic rings. The molecule has 0 aliphatic carbocycles. The average molecular weight is 476 g/mol. The fraction of sp³-hybridized carbons (Fsp3) is 0.409. The first kappa shape index (κ1) is 21.5. The van der Waals surface area contributed by atoms with Crippen LogP contribution >= 0.6 is 23.2 Å². The third-order valence-electron chi connectivity index (χ3n) is 6.55. The minimum absolute atomic E-state index is 0.144. The molecule has 4 heterocycles. The largest absolute Gasteiger partial charge is 0.376 e. The van der Waals surface area contributed by atoms with Gasteiger partial charge in [0.2, 0.25) is 0 Å². The van der Waals surface area contributed by atoms with Crippen molar-refractivity contribution >= 4 is 40.0 Å². The number of fused-ring (bicyclic) bond motifs is 2. The van der Waals surface area contributed by atoms with Crippen molar-refractivity contribution in [1.29, 1.82) is 0 Å². The fourth-order valence-corrected chi connectivity index (χ4v) is 5.35. The highest BCUT2D eigenvalue weighted by molar-refractivity contribution is 6.37. The molecule has 0 spiro atoms. The molecule has 1 saturated heterocycles. The van der Waals surface area contributed by atoms with Crippen LogP contribution in [0.4, 0.5) is 0 Å². The van der Waals surface area contributed by atoms with Gasteiger partial charge in [-0.25, -0.2) is 0 Å². The number of aryl methyl sites for hydroxylation is 1. The molecule has 32 heavy (non-hydrogen) atoms. The van der Waals surface area contributed by atoms with Crippen molar-refractivity contribution in [1.82, 2.24) is 25.4 Å². The van der Waals surface area contributed by atoms with Gasteiger partial charge in [0, 0.05) is 54.3 Å². The molecule has 10 heteroatoms. The van der Waals surface area contributed by atoms with Gasteiger partial charge in [0.1, 0.15) is 0 Å². The summed E-state index contributed by atoms with van der Waals surface area (Å²) >= 11 is 13.4. The normalized spacial score (nSPS) is 17.5. The monoisotopic (exact) mass is 475 g/mol. The van der Waals surface area contributed by atoms with E-state index in [2.05, 4.69) is 20.5 Å². The highest BCUT2D eigenvalue weighted by atomic mass is 35.5. The Balaban J connectivity index is 1.54. The second-order valence-electron chi connectivity index (χ2n) is 8.38. The molecule has 0 bridgehead atoms. The van der Waals surface area contributed by atoms with Gasteiger partial charge in [0.25, 0.3) is 11.5 Å². The predicted molar refractivity (Wildman–Crippen MR) is 122 cm³/mol. The lowest BCUT2D eigenvalue weighted by atomic mass is 9.87. The summed E-state index contributed by atoms with van der Waals surface area (Å²) in [6.45, 7) is 4.04. The molecule has 2 aliphatic heterocycles. The number of aromatic amines is 2. The van der Waals surface area contributed by atoms with Crippen molar-refractivity contribution in [2.45, 2.75) is 26.0 Å². The third kappa shape index (κ3) is 3.33. The highest BCUT2D eigenvalue weighted by Crippen LogP contribution is 2.41. The molecule has 2 aromatic heterocycles. The van der Waals surface area contributed by atoms with Crippen molar-refractivity contribution in [2.24, 2.45) is 5.92 Å². The zero-order valence-electron chi connectivity index (χ0n) is 17.7. The van der Waals surface area contributed by atoms with Crippen molar-refractivity contribution in [3.8, 4) is 0 Å². The Morgan fingerprint density at radius 1 is 1.31 bits per heavy atom. The number of carbonyl (C=O) groups is 1. The van der Waals surface area contributed by atoms with Crippen LogP contribution in [0, 0.1) is 12.8 Å². The van der Waals surface area contributed by atoms with Gasteiger partial charge in [-0.1, -0.05) is 23.2 Å². The molecule has 5 rings (SSSR count). The van der Waals surface area contributed by atoms with E-state index in [9.17, 15) is 9.59 Å². The summed E-state index contributed by atoms with van der Waals surface area (Å²) in [5, 5.41) is 11.9. The van der Waals surface area contributed by atoms with Crippen molar-refractivity contribution in [3.05, 3.63) is 60.6 Å². The number of nitrogens with one attached hydrogen (secondary N) is 3. The maximum absolute atomic E-state index is 13.6. The molecule has 0 radical (unpaired) electrons. The van der Waals surface area contributed by atoms with Gasteiger partial charge in [0.15, 0.2) is 0 Å². The van der Waals surface area contributed by atoms with Crippen LogP contribution in [0.2, 0.25) is 10.0 Å². The van der Waals surface area contributed by atoms with Gasteiger partial charge in [-0.05, 0) is 25.0 Å². The van der Waals surface area contributed by atoms with Gasteiger partial charge >= 0.3 is 0 Å². The van der Waals surface area contributed by atoms with E-state index >= 15 is 0 Å². The Labute approximate surface area is 194 Å². The number of nitrogens with zero attached hydrogens (tertiary/aromatic N) is 2. The van der Waals surface area contributed by atoms with Crippen LogP contribution in [0.1, 0.15) is 38.8 Å². The minimum Gasteiger partial charge on any atom is -0.376 e. The van der Waals surface area contributed by atoms with E-state index in [0.29, 0.717) is 39.7 Å². The topological polar surface area (TPSA) is 103 Å². The number of amides is 1. The lowest BCUT2D eigenvalue weighted by Gasteiger charge is -2.36. The number of halogens is 2. The van der Waals surface area contributed by atoms with Crippen molar-refractivity contribution in [3.63, 3.8) is 0 Å². The van der Waals surface area contributed by atoms with E-state index in [1.165, 1.54) is 0 Å². The highest BCUT2D eigenvalue weighted by Gasteiger charge is 2.35. The van der Waals surface area contributed by atoms with Crippen LogP contribution in [-0.4, -0.2) is 52.7 Å². The molecule has 0 saturated carbocycles. The number of hydrogen-bond acceptors (Lipinski definition) is 5. The average Bonchev–Trinajstić information content (AvgIpc) is 3.22. The number of benzene rings is 1. The van der Waals surface area contributed by atoms with Crippen LogP contribution in [0.25, 0.3) is 10.9 Å². The lowest BCUT2D eigenvalue weighted by Crippen LogP contribution is -2.46. The molecule has 1 unspecified atom stereocenters. The molecule has 1 aromatic carbocycles. The lowest BCUT2D eigenvalue weighted by molar-refractivity contribution is 0.0292. The molecule has 3 N–H and O–H groups in total. The zero-order chi connectivity index (χ0) is 22.6. The first-order chi connectivity index (χ1) is 15.4. The summed E-state index contributed by atoms with van der Waals surface area (Å²) < 4.78 is 5.73. The second-order valence-corrected chi connectivity index (χ2v) is 9.17. The summed E-state index contributed by atoms with van der Waals surface area (Å²) in [5.41, 5.74) is 3.46. The van der Waals surface area contributed by atoms with Crippen LogP contribution in [0.15, 0.2) is 17.1 Å². The summed E-state index contributed by atoms with van der Waals surface area (Å²) in [6.07, 6.45) is 1.97. The van der Waals surface area contributed by atoms with E-state index in [1.807, 2.05) is 13.0 Å². The van der Waals surface area contributed by atoms with Crippen LogP contribution in [-0.2, 0) is 17.7 Å². The third-order valence-corrected chi connectivity index (χ3v) is 7.29. The molecule has 168 valence electrons. The molecular formula is C22H23Cl2N5O3. The SMILES string of the molecule is COC(c1cc(Cl)c2c(c1Cl)C(=O)N(Cc1c(=O)[nH]c(C)c3cn[nH]c13)CC2)C1CNC1. The number of aromatic nitrogens is 3. The predicted octanol–water partition coefficient (Wildman–Crippen LogP) is 2.97. The standard InChI is InChI=1S/C22H23Cl2N5O3/c1-10-14-8-26-28-19(14)15(21(30)27-10)9-29-4-3-12-16(23)5-13(18(24)17(12)22(29)31)20(32-2)11-6-25-7-11/h5,8,11,20,25H,3-4,6-7,9H2,1-2H3,(H,26,28)(H,27,30). The molecule has 1 fully saturated rings. The molecule has 1 atom stereocenters. The Morgan fingerprint density at radius 3 is 2.78 bits per heavy atom. The van der Waals surface area contributed by atoms with Gasteiger partial charge < -0.3 is 19.9 Å². The Hall–Kier alpha value is -2.39. The second kappa shape index (κ2) is 8.19. The maximum atomic E-state index is 13.6. The van der Waals surface area contributed by atoms with E-state index < -0.39 is 0 Å². The number of rotatable bonds is 5. The summed E-state index contributed by atoms with van der Waals surface area (Å²) in [5.74, 6) is 0.0235. The first-order valence-corrected chi connectivity index (χ1v) is 11.2.